The van der Waals surface area contributed by atoms with Gasteiger partial charge in [-0.25, -0.2) is 0 Å². The van der Waals surface area contributed by atoms with E-state index >= 15 is 0 Å². The normalized spacial score (nSPS) is 14.6. The molecule has 0 aliphatic carbocycles. The molecule has 0 saturated carbocycles. The first-order chi connectivity index (χ1) is 17.6. The van der Waals surface area contributed by atoms with E-state index in [-0.39, 0.29) is 19.8 Å². The Hall–Kier alpha value is -0.760. The van der Waals surface area contributed by atoms with E-state index in [9.17, 15) is 14.3 Å². The molecule has 37 heavy (non-hydrogen) atoms. The third-order valence-electron chi connectivity index (χ3n) is 5.91. The summed E-state index contributed by atoms with van der Waals surface area (Å²) in [6, 6.07) is 0. The molecule has 0 aromatic heterocycles. The molecule has 0 radical (unpaired) electrons. The molecule has 0 amide bonds. The number of phosphoric acid groups is 1. The van der Waals surface area contributed by atoms with Crippen molar-refractivity contribution in [2.45, 2.75) is 110 Å². The summed E-state index contributed by atoms with van der Waals surface area (Å²) in [7, 11) is 1.38. The van der Waals surface area contributed by atoms with Gasteiger partial charge < -0.3 is 27.9 Å². The van der Waals surface area contributed by atoms with E-state index in [0.29, 0.717) is 17.6 Å². The van der Waals surface area contributed by atoms with Gasteiger partial charge in [0.1, 0.15) is 25.9 Å². The molecular formula is C28H56NO7P. The number of nitrogens with zero attached hydrogens (tertiary/aromatic N) is 1. The van der Waals surface area contributed by atoms with Crippen LogP contribution in [0.15, 0.2) is 12.2 Å². The molecule has 8 nitrogen and oxygen atoms in total. The molecule has 1 unspecified atom stereocenters. The third-order valence-corrected chi connectivity index (χ3v) is 6.88. The standard InChI is InChI=1S/C28H56NO7P/c1-6-7-8-9-10-11-12-13-14-15-16-17-18-19-20-21-23-33-28(25-34-27(2)30)26-36-37(31,32)35-24-22-29(3,4)5/h15-16,28H,6-14,17-26H2,1-5H3/b16-15-/t28-/m0/s1. The fraction of sp³-hybridized carbons (Fsp3) is 0.893. The monoisotopic (exact) mass is 549 g/mol. The Bertz CT molecular complexity index is 622. The van der Waals surface area contributed by atoms with Gasteiger partial charge in [0.05, 0.1) is 27.7 Å². The van der Waals surface area contributed by atoms with Crippen LogP contribution in [0.5, 0.6) is 0 Å². The Labute approximate surface area is 227 Å². The van der Waals surface area contributed by atoms with Crippen molar-refractivity contribution >= 4 is 13.8 Å². The molecule has 220 valence electrons. The summed E-state index contributed by atoms with van der Waals surface area (Å²) >= 11 is 0. The van der Waals surface area contributed by atoms with Crippen molar-refractivity contribution in [3.05, 3.63) is 12.2 Å². The van der Waals surface area contributed by atoms with Crippen molar-refractivity contribution in [2.24, 2.45) is 0 Å². The van der Waals surface area contributed by atoms with Crippen LogP contribution >= 0.6 is 7.82 Å². The van der Waals surface area contributed by atoms with Crippen molar-refractivity contribution in [1.29, 1.82) is 0 Å². The van der Waals surface area contributed by atoms with Crippen LogP contribution in [-0.4, -0.2) is 70.7 Å². The SMILES string of the molecule is CCCCCCCCCC/C=C\CCCCCCO[C@@H](COC(C)=O)COP(=O)([O-])OCC[N+](C)(C)C. The minimum Gasteiger partial charge on any atom is -0.756 e. The number of rotatable bonds is 26. The van der Waals surface area contributed by atoms with E-state index in [1.54, 1.807) is 0 Å². The molecular weight excluding hydrogens is 493 g/mol. The van der Waals surface area contributed by atoms with E-state index in [2.05, 4.69) is 19.1 Å². The van der Waals surface area contributed by atoms with Gasteiger partial charge in [-0.2, -0.15) is 0 Å². The largest absolute Gasteiger partial charge is 0.756 e. The number of carbonyl (C=O) groups is 1. The maximum Gasteiger partial charge on any atom is 0.302 e. The van der Waals surface area contributed by atoms with E-state index in [1.807, 2.05) is 21.1 Å². The van der Waals surface area contributed by atoms with Crippen LogP contribution in [-0.2, 0) is 27.9 Å². The molecule has 0 saturated heterocycles. The van der Waals surface area contributed by atoms with E-state index in [1.165, 1.54) is 64.7 Å². The average Bonchev–Trinajstić information content (AvgIpc) is 2.81. The van der Waals surface area contributed by atoms with Gasteiger partial charge in [-0.15, -0.1) is 0 Å². The summed E-state index contributed by atoms with van der Waals surface area (Å²) in [6.45, 7) is 4.27. The maximum absolute atomic E-state index is 12.0. The minimum absolute atomic E-state index is 0.0358. The highest BCUT2D eigenvalue weighted by Gasteiger charge is 2.18. The molecule has 0 aliphatic rings. The number of allylic oxidation sites excluding steroid dienone is 2. The first-order valence-corrected chi connectivity index (χ1v) is 15.8. The third kappa shape index (κ3) is 28.1. The van der Waals surface area contributed by atoms with Crippen molar-refractivity contribution in [1.82, 2.24) is 0 Å². The van der Waals surface area contributed by atoms with Crippen LogP contribution in [0.3, 0.4) is 0 Å². The van der Waals surface area contributed by atoms with Gasteiger partial charge in [0.2, 0.25) is 0 Å². The van der Waals surface area contributed by atoms with Gasteiger partial charge in [-0.05, 0) is 32.1 Å². The summed E-state index contributed by atoms with van der Waals surface area (Å²) < 4.78 is 33.2. The minimum atomic E-state index is -4.44. The Kier molecular flexibility index (Phi) is 22.7. The number of esters is 1. The van der Waals surface area contributed by atoms with Crippen LogP contribution in [0.4, 0.5) is 0 Å². The zero-order valence-electron chi connectivity index (χ0n) is 24.4. The van der Waals surface area contributed by atoms with Crippen LogP contribution in [0, 0.1) is 0 Å². The summed E-state index contributed by atoms with van der Waals surface area (Å²) in [4.78, 5) is 23.2. The number of hydrogen-bond donors (Lipinski definition) is 0. The highest BCUT2D eigenvalue weighted by atomic mass is 31.2. The molecule has 2 atom stereocenters. The second-order valence-electron chi connectivity index (χ2n) is 10.8. The molecule has 0 fully saturated rings. The van der Waals surface area contributed by atoms with Gasteiger partial charge in [-0.3, -0.25) is 9.36 Å². The van der Waals surface area contributed by atoms with Crippen molar-refractivity contribution in [3.63, 3.8) is 0 Å². The number of unbranched alkanes of at least 4 members (excludes halogenated alkanes) is 12. The number of ether oxygens (including phenoxy) is 2. The number of carbonyl (C=O) groups excluding carboxylic acids is 1. The molecule has 0 aromatic rings. The Balaban J connectivity index is 3.90. The lowest BCUT2D eigenvalue weighted by Gasteiger charge is -2.28. The molecule has 0 N–H and O–H groups in total. The number of likely N-dealkylation sites (N-methyl/N-ethyl adjacent to an activating group) is 1. The van der Waals surface area contributed by atoms with E-state index in [0.717, 1.165) is 32.1 Å². The zero-order valence-corrected chi connectivity index (χ0v) is 25.3. The van der Waals surface area contributed by atoms with Crippen LogP contribution in [0.25, 0.3) is 0 Å². The lowest BCUT2D eigenvalue weighted by molar-refractivity contribution is -0.870. The molecule has 0 aromatic carbocycles. The van der Waals surface area contributed by atoms with Crippen LogP contribution in [0.2, 0.25) is 0 Å². The van der Waals surface area contributed by atoms with Crippen LogP contribution in [0.1, 0.15) is 104 Å². The smallest absolute Gasteiger partial charge is 0.302 e. The number of quaternary nitrogens is 1. The Morgan fingerprint density at radius 2 is 1.35 bits per heavy atom. The van der Waals surface area contributed by atoms with Gasteiger partial charge in [0.15, 0.2) is 0 Å². The molecule has 0 rings (SSSR count). The highest BCUT2D eigenvalue weighted by molar-refractivity contribution is 7.45. The lowest BCUT2D eigenvalue weighted by Crippen LogP contribution is -2.37. The van der Waals surface area contributed by atoms with Crippen molar-refractivity contribution < 1.29 is 37.3 Å². The van der Waals surface area contributed by atoms with Gasteiger partial charge in [0, 0.05) is 13.5 Å². The fourth-order valence-electron chi connectivity index (χ4n) is 3.59. The zero-order chi connectivity index (χ0) is 27.8. The van der Waals surface area contributed by atoms with Crippen molar-refractivity contribution in [3.8, 4) is 0 Å². The van der Waals surface area contributed by atoms with Gasteiger partial charge >= 0.3 is 5.97 Å². The predicted molar refractivity (Wildman–Crippen MR) is 148 cm³/mol. The summed E-state index contributed by atoms with van der Waals surface area (Å²) in [6.07, 6.45) is 21.3. The van der Waals surface area contributed by atoms with E-state index in [4.69, 9.17) is 18.5 Å². The number of phosphoric ester groups is 1. The fourth-order valence-corrected chi connectivity index (χ4v) is 4.32. The maximum atomic E-state index is 12.0. The summed E-state index contributed by atoms with van der Waals surface area (Å²) in [5.41, 5.74) is 0. The van der Waals surface area contributed by atoms with Gasteiger partial charge in [0.25, 0.3) is 7.82 Å². The van der Waals surface area contributed by atoms with Gasteiger partial charge in [-0.1, -0.05) is 76.9 Å². The summed E-state index contributed by atoms with van der Waals surface area (Å²) in [5.74, 6) is -0.450. The Morgan fingerprint density at radius 3 is 1.89 bits per heavy atom. The first-order valence-electron chi connectivity index (χ1n) is 14.4. The number of hydrogen-bond acceptors (Lipinski definition) is 7. The molecule has 0 spiro atoms. The van der Waals surface area contributed by atoms with Crippen LogP contribution < -0.4 is 4.89 Å². The molecule has 0 aliphatic heterocycles. The lowest BCUT2D eigenvalue weighted by atomic mass is 10.1. The second-order valence-corrected chi connectivity index (χ2v) is 12.2. The predicted octanol–water partition coefficient (Wildman–Crippen LogP) is 6.18. The molecule has 0 heterocycles. The Morgan fingerprint density at radius 1 is 0.811 bits per heavy atom. The highest BCUT2D eigenvalue weighted by Crippen LogP contribution is 2.38. The molecule has 9 heteroatoms. The molecule has 0 bridgehead atoms. The average molecular weight is 550 g/mol. The summed E-state index contributed by atoms with van der Waals surface area (Å²) in [5, 5.41) is 0. The first kappa shape index (κ1) is 36.2. The topological polar surface area (TPSA) is 94.1 Å². The quantitative estimate of drug-likeness (QED) is 0.0418. The second kappa shape index (κ2) is 23.2. The van der Waals surface area contributed by atoms with Crippen molar-refractivity contribution in [2.75, 3.05) is 54.1 Å². The van der Waals surface area contributed by atoms with E-state index < -0.39 is 19.9 Å².